The monoisotopic (exact) mass is 305 g/mol. The lowest BCUT2D eigenvalue weighted by atomic mass is 10.1. The standard InChI is InChI=1S/C13H12BrN3O/c1-2-9-3-5-10(6-4-9)13(18)17-12-8-15-11(14)7-16-12/h3-8H,2H2,1H3,(H,16,17,18). The number of nitrogens with one attached hydrogen (secondary N) is 1. The summed E-state index contributed by atoms with van der Waals surface area (Å²) in [6.07, 6.45) is 4.00. The molecule has 0 aliphatic carbocycles. The number of aryl methyl sites for hydroxylation is 1. The molecule has 0 atom stereocenters. The van der Waals surface area contributed by atoms with Crippen molar-refractivity contribution in [3.8, 4) is 0 Å². The average Bonchev–Trinajstić information content (AvgIpc) is 2.41. The lowest BCUT2D eigenvalue weighted by Crippen LogP contribution is -2.13. The molecule has 0 unspecified atom stereocenters. The van der Waals surface area contributed by atoms with E-state index in [2.05, 4.69) is 38.1 Å². The van der Waals surface area contributed by atoms with Gasteiger partial charge in [0.25, 0.3) is 5.91 Å². The first kappa shape index (κ1) is 12.7. The van der Waals surface area contributed by atoms with Gasteiger partial charge in [0.15, 0.2) is 5.82 Å². The zero-order chi connectivity index (χ0) is 13.0. The van der Waals surface area contributed by atoms with E-state index < -0.39 is 0 Å². The molecular formula is C13H12BrN3O. The van der Waals surface area contributed by atoms with E-state index in [0.29, 0.717) is 16.0 Å². The molecule has 1 heterocycles. The van der Waals surface area contributed by atoms with Crippen LogP contribution in [-0.4, -0.2) is 15.9 Å². The van der Waals surface area contributed by atoms with Crippen LogP contribution in [0.25, 0.3) is 0 Å². The minimum absolute atomic E-state index is 0.186. The minimum Gasteiger partial charge on any atom is -0.305 e. The Hall–Kier alpha value is -1.75. The summed E-state index contributed by atoms with van der Waals surface area (Å²) in [5, 5.41) is 2.69. The molecule has 1 amide bonds. The fourth-order valence-corrected chi connectivity index (χ4v) is 1.66. The Balaban J connectivity index is 2.09. The SMILES string of the molecule is CCc1ccc(C(=O)Nc2cnc(Br)cn2)cc1. The van der Waals surface area contributed by atoms with Crippen molar-refractivity contribution >= 4 is 27.7 Å². The van der Waals surface area contributed by atoms with Crippen molar-refractivity contribution in [2.24, 2.45) is 0 Å². The number of nitrogens with zero attached hydrogens (tertiary/aromatic N) is 2. The van der Waals surface area contributed by atoms with E-state index in [-0.39, 0.29) is 5.91 Å². The number of hydrogen-bond donors (Lipinski definition) is 1. The highest BCUT2D eigenvalue weighted by Gasteiger charge is 2.06. The van der Waals surface area contributed by atoms with Gasteiger partial charge in [-0.2, -0.15) is 0 Å². The third kappa shape index (κ3) is 3.13. The smallest absolute Gasteiger partial charge is 0.256 e. The molecule has 1 N–H and O–H groups in total. The maximum Gasteiger partial charge on any atom is 0.256 e. The molecule has 92 valence electrons. The average molecular weight is 306 g/mol. The van der Waals surface area contributed by atoms with Crippen LogP contribution in [0.2, 0.25) is 0 Å². The lowest BCUT2D eigenvalue weighted by molar-refractivity contribution is 0.102. The van der Waals surface area contributed by atoms with Crippen molar-refractivity contribution in [1.82, 2.24) is 9.97 Å². The van der Waals surface area contributed by atoms with Gasteiger partial charge in [-0.05, 0) is 40.0 Å². The predicted octanol–water partition coefficient (Wildman–Crippen LogP) is 3.05. The van der Waals surface area contributed by atoms with Crippen molar-refractivity contribution in [3.63, 3.8) is 0 Å². The summed E-state index contributed by atoms with van der Waals surface area (Å²) in [7, 11) is 0. The number of anilines is 1. The normalized spacial score (nSPS) is 10.1. The first-order valence-electron chi connectivity index (χ1n) is 5.57. The number of carbonyl (C=O) groups is 1. The number of carbonyl (C=O) groups excluding carboxylic acids is 1. The van der Waals surface area contributed by atoms with E-state index in [4.69, 9.17) is 0 Å². The summed E-state index contributed by atoms with van der Waals surface area (Å²) in [5.41, 5.74) is 1.81. The lowest BCUT2D eigenvalue weighted by Gasteiger charge is -2.04. The highest BCUT2D eigenvalue weighted by Crippen LogP contribution is 2.09. The molecule has 0 aliphatic heterocycles. The fraction of sp³-hybridized carbons (Fsp3) is 0.154. The summed E-state index contributed by atoms with van der Waals surface area (Å²) in [6, 6.07) is 7.51. The minimum atomic E-state index is -0.186. The molecule has 0 spiro atoms. The van der Waals surface area contributed by atoms with Gasteiger partial charge in [-0.3, -0.25) is 4.79 Å². The van der Waals surface area contributed by atoms with Gasteiger partial charge >= 0.3 is 0 Å². The molecule has 0 saturated heterocycles. The Bertz CT molecular complexity index is 537. The van der Waals surface area contributed by atoms with Crippen molar-refractivity contribution in [3.05, 3.63) is 52.4 Å². The van der Waals surface area contributed by atoms with Gasteiger partial charge in [-0.1, -0.05) is 19.1 Å². The summed E-state index contributed by atoms with van der Waals surface area (Å²) in [5.74, 6) is 0.247. The molecule has 2 aromatic rings. The predicted molar refractivity (Wildman–Crippen MR) is 73.5 cm³/mol. The molecule has 0 radical (unpaired) electrons. The van der Waals surface area contributed by atoms with Gasteiger partial charge in [0.1, 0.15) is 4.60 Å². The third-order valence-corrected chi connectivity index (χ3v) is 2.90. The van der Waals surface area contributed by atoms with Crippen molar-refractivity contribution in [2.45, 2.75) is 13.3 Å². The highest BCUT2D eigenvalue weighted by atomic mass is 79.9. The molecule has 18 heavy (non-hydrogen) atoms. The molecule has 0 saturated carbocycles. The number of halogens is 1. The second-order valence-electron chi connectivity index (χ2n) is 3.73. The topological polar surface area (TPSA) is 54.9 Å². The molecule has 4 nitrogen and oxygen atoms in total. The Labute approximate surface area is 114 Å². The maximum absolute atomic E-state index is 11.9. The van der Waals surface area contributed by atoms with Gasteiger partial charge in [0.2, 0.25) is 0 Å². The van der Waals surface area contributed by atoms with Crippen LogP contribution < -0.4 is 5.32 Å². The first-order valence-corrected chi connectivity index (χ1v) is 6.36. The van der Waals surface area contributed by atoms with Crippen molar-refractivity contribution in [2.75, 3.05) is 5.32 Å². The van der Waals surface area contributed by atoms with E-state index in [1.165, 1.54) is 18.0 Å². The Morgan fingerprint density at radius 1 is 1.22 bits per heavy atom. The van der Waals surface area contributed by atoms with Crippen molar-refractivity contribution in [1.29, 1.82) is 0 Å². The van der Waals surface area contributed by atoms with Gasteiger partial charge in [-0.25, -0.2) is 9.97 Å². The number of benzene rings is 1. The maximum atomic E-state index is 11.9. The van der Waals surface area contributed by atoms with Crippen LogP contribution >= 0.6 is 15.9 Å². The van der Waals surface area contributed by atoms with Crippen LogP contribution in [0.15, 0.2) is 41.3 Å². The number of aromatic nitrogens is 2. The highest BCUT2D eigenvalue weighted by molar-refractivity contribution is 9.10. The molecular weight excluding hydrogens is 294 g/mol. The molecule has 0 bridgehead atoms. The second kappa shape index (κ2) is 5.73. The van der Waals surface area contributed by atoms with E-state index in [9.17, 15) is 4.79 Å². The first-order chi connectivity index (χ1) is 8.69. The van der Waals surface area contributed by atoms with Crippen LogP contribution in [-0.2, 0) is 6.42 Å². The van der Waals surface area contributed by atoms with Gasteiger partial charge in [-0.15, -0.1) is 0 Å². The van der Waals surface area contributed by atoms with Gasteiger partial charge in [0, 0.05) is 5.56 Å². The van der Waals surface area contributed by atoms with Gasteiger partial charge < -0.3 is 5.32 Å². The molecule has 1 aromatic heterocycles. The van der Waals surface area contributed by atoms with Crippen molar-refractivity contribution < 1.29 is 4.79 Å². The molecule has 0 aliphatic rings. The Morgan fingerprint density at radius 3 is 2.50 bits per heavy atom. The molecule has 0 fully saturated rings. The summed E-state index contributed by atoms with van der Waals surface area (Å²) in [6.45, 7) is 2.08. The largest absolute Gasteiger partial charge is 0.305 e. The van der Waals surface area contributed by atoms with Crippen LogP contribution in [0.4, 0.5) is 5.82 Å². The van der Waals surface area contributed by atoms with E-state index >= 15 is 0 Å². The summed E-state index contributed by atoms with van der Waals surface area (Å²) < 4.78 is 0.632. The quantitative estimate of drug-likeness (QED) is 0.948. The zero-order valence-electron chi connectivity index (χ0n) is 9.85. The third-order valence-electron chi connectivity index (χ3n) is 2.49. The van der Waals surface area contributed by atoms with Gasteiger partial charge in [0.05, 0.1) is 12.4 Å². The number of amides is 1. The Morgan fingerprint density at radius 2 is 1.94 bits per heavy atom. The van der Waals surface area contributed by atoms with E-state index in [1.807, 2.05) is 12.1 Å². The van der Waals surface area contributed by atoms with E-state index in [1.54, 1.807) is 12.1 Å². The van der Waals surface area contributed by atoms with Crippen LogP contribution in [0.3, 0.4) is 0 Å². The number of hydrogen-bond acceptors (Lipinski definition) is 3. The molecule has 2 rings (SSSR count). The second-order valence-corrected chi connectivity index (χ2v) is 4.54. The zero-order valence-corrected chi connectivity index (χ0v) is 11.4. The molecule has 5 heteroatoms. The molecule has 1 aromatic carbocycles. The van der Waals surface area contributed by atoms with Crippen LogP contribution in [0.5, 0.6) is 0 Å². The fourth-order valence-electron chi connectivity index (χ4n) is 1.46. The summed E-state index contributed by atoms with van der Waals surface area (Å²) in [4.78, 5) is 19.9. The van der Waals surface area contributed by atoms with Crippen LogP contribution in [0.1, 0.15) is 22.8 Å². The Kier molecular flexibility index (Phi) is 4.04. The summed E-state index contributed by atoms with van der Waals surface area (Å²) >= 11 is 3.19. The van der Waals surface area contributed by atoms with Crippen LogP contribution in [0, 0.1) is 0 Å². The number of rotatable bonds is 3. The van der Waals surface area contributed by atoms with E-state index in [0.717, 1.165) is 6.42 Å².